The van der Waals surface area contributed by atoms with Gasteiger partial charge in [0, 0.05) is 18.2 Å². The number of nitrogens with one attached hydrogen (secondary N) is 1. The summed E-state index contributed by atoms with van der Waals surface area (Å²) in [6.07, 6.45) is 2.25. The molecule has 0 amide bonds. The molecule has 0 radical (unpaired) electrons. The molecule has 0 unspecified atom stereocenters. The Morgan fingerprint density at radius 3 is 2.72 bits per heavy atom. The van der Waals surface area contributed by atoms with Crippen molar-refractivity contribution in [3.63, 3.8) is 0 Å². The second-order valence-corrected chi connectivity index (χ2v) is 4.06. The van der Waals surface area contributed by atoms with Crippen LogP contribution >= 0.6 is 0 Å². The van der Waals surface area contributed by atoms with E-state index in [0.717, 1.165) is 6.42 Å². The minimum absolute atomic E-state index is 0.165. The number of ether oxygens (including phenoxy) is 1. The summed E-state index contributed by atoms with van der Waals surface area (Å²) in [7, 11) is 1.49. The third-order valence-corrected chi connectivity index (χ3v) is 2.82. The molecule has 1 N–H and O–H groups in total. The monoisotopic (exact) mass is 245 g/mol. The standard InChI is InChI=1S/C14H15NO3/c1-3-7-15-10-8-11(16)9-5-4-6-12(18-2)13(9)14(10)17/h4-6,8,15H,3,7H2,1-2H3. The fourth-order valence-electron chi connectivity index (χ4n) is 1.94. The van der Waals surface area contributed by atoms with E-state index in [9.17, 15) is 9.59 Å². The fraction of sp³-hybridized carbons (Fsp3) is 0.286. The molecule has 0 aliphatic heterocycles. The van der Waals surface area contributed by atoms with Crippen LogP contribution < -0.4 is 10.1 Å². The number of fused-ring (bicyclic) bond motifs is 1. The first-order valence-corrected chi connectivity index (χ1v) is 5.90. The molecule has 1 aromatic rings. The quantitative estimate of drug-likeness (QED) is 0.881. The summed E-state index contributed by atoms with van der Waals surface area (Å²) in [5, 5.41) is 2.98. The van der Waals surface area contributed by atoms with Gasteiger partial charge < -0.3 is 10.1 Å². The van der Waals surface area contributed by atoms with Crippen LogP contribution in [0.1, 0.15) is 34.1 Å². The number of benzene rings is 1. The Hall–Kier alpha value is -2.10. The first-order valence-electron chi connectivity index (χ1n) is 5.90. The van der Waals surface area contributed by atoms with Crippen molar-refractivity contribution in [3.8, 4) is 5.75 Å². The Morgan fingerprint density at radius 1 is 1.28 bits per heavy atom. The number of hydrogen-bond donors (Lipinski definition) is 1. The molecule has 1 aliphatic rings. The van der Waals surface area contributed by atoms with Crippen molar-refractivity contribution in [1.29, 1.82) is 0 Å². The van der Waals surface area contributed by atoms with Crippen molar-refractivity contribution in [2.45, 2.75) is 13.3 Å². The molecule has 2 rings (SSSR count). The lowest BCUT2D eigenvalue weighted by molar-refractivity contribution is 0.0975. The second kappa shape index (κ2) is 5.04. The van der Waals surface area contributed by atoms with Gasteiger partial charge in [-0.3, -0.25) is 9.59 Å². The molecule has 4 nitrogen and oxygen atoms in total. The lowest BCUT2D eigenvalue weighted by Crippen LogP contribution is -2.27. The molecule has 0 atom stereocenters. The molecular weight excluding hydrogens is 230 g/mol. The van der Waals surface area contributed by atoms with Crippen LogP contribution in [0.25, 0.3) is 0 Å². The topological polar surface area (TPSA) is 55.4 Å². The van der Waals surface area contributed by atoms with Gasteiger partial charge >= 0.3 is 0 Å². The van der Waals surface area contributed by atoms with E-state index in [1.807, 2.05) is 6.92 Å². The van der Waals surface area contributed by atoms with E-state index < -0.39 is 0 Å². The molecule has 4 heteroatoms. The summed E-state index contributed by atoms with van der Waals surface area (Å²) in [6, 6.07) is 5.04. The number of rotatable bonds is 4. The maximum Gasteiger partial charge on any atom is 0.213 e. The van der Waals surface area contributed by atoms with Crippen LogP contribution in [0.4, 0.5) is 0 Å². The zero-order valence-electron chi connectivity index (χ0n) is 10.4. The van der Waals surface area contributed by atoms with Gasteiger partial charge in [0.25, 0.3) is 0 Å². The number of hydrogen-bond acceptors (Lipinski definition) is 4. The Bertz CT molecular complexity index is 532. The van der Waals surface area contributed by atoms with Gasteiger partial charge in [0.05, 0.1) is 18.4 Å². The molecule has 1 aliphatic carbocycles. The molecule has 0 saturated carbocycles. The molecule has 18 heavy (non-hydrogen) atoms. The first-order chi connectivity index (χ1) is 8.69. The second-order valence-electron chi connectivity index (χ2n) is 4.06. The predicted molar refractivity (Wildman–Crippen MR) is 68.0 cm³/mol. The van der Waals surface area contributed by atoms with Gasteiger partial charge in [0.2, 0.25) is 5.78 Å². The van der Waals surface area contributed by atoms with Gasteiger partial charge in [-0.15, -0.1) is 0 Å². The average molecular weight is 245 g/mol. The SMILES string of the molecule is CCCNC1=CC(=O)c2cccc(OC)c2C1=O. The number of carbonyl (C=O) groups is 2. The highest BCUT2D eigenvalue weighted by atomic mass is 16.5. The van der Waals surface area contributed by atoms with Gasteiger partial charge in [0.15, 0.2) is 5.78 Å². The average Bonchev–Trinajstić information content (AvgIpc) is 2.40. The van der Waals surface area contributed by atoms with Crippen LogP contribution in [-0.4, -0.2) is 25.2 Å². The highest BCUT2D eigenvalue weighted by Gasteiger charge is 2.28. The van der Waals surface area contributed by atoms with Gasteiger partial charge in [0.1, 0.15) is 5.75 Å². The molecule has 1 aromatic carbocycles. The first kappa shape index (κ1) is 12.4. The van der Waals surface area contributed by atoms with Crippen molar-refractivity contribution >= 4 is 11.6 Å². The third kappa shape index (κ3) is 2.01. The van der Waals surface area contributed by atoms with Crippen molar-refractivity contribution in [3.05, 3.63) is 41.1 Å². The van der Waals surface area contributed by atoms with Gasteiger partial charge in [-0.2, -0.15) is 0 Å². The molecule has 0 fully saturated rings. The smallest absolute Gasteiger partial charge is 0.213 e. The summed E-state index contributed by atoms with van der Waals surface area (Å²) in [5.41, 5.74) is 1.10. The molecule has 0 bridgehead atoms. The molecule has 94 valence electrons. The molecule has 0 heterocycles. The maximum absolute atomic E-state index is 12.3. The Labute approximate surface area is 106 Å². The highest BCUT2D eigenvalue weighted by molar-refractivity contribution is 6.25. The third-order valence-electron chi connectivity index (χ3n) is 2.82. The normalized spacial score (nSPS) is 14.0. The fourth-order valence-corrected chi connectivity index (χ4v) is 1.94. The zero-order valence-corrected chi connectivity index (χ0v) is 10.4. The van der Waals surface area contributed by atoms with Crippen LogP contribution in [0.5, 0.6) is 5.75 Å². The lowest BCUT2D eigenvalue weighted by atomic mass is 9.92. The number of carbonyl (C=O) groups excluding carboxylic acids is 2. The largest absolute Gasteiger partial charge is 0.496 e. The molecular formula is C14H15NO3. The van der Waals surface area contributed by atoms with E-state index in [0.29, 0.717) is 29.1 Å². The minimum atomic E-state index is -0.185. The highest BCUT2D eigenvalue weighted by Crippen LogP contribution is 2.28. The van der Waals surface area contributed by atoms with Gasteiger partial charge in [-0.25, -0.2) is 0 Å². The van der Waals surface area contributed by atoms with Crippen molar-refractivity contribution < 1.29 is 14.3 Å². The number of allylic oxidation sites excluding steroid dienone is 2. The Morgan fingerprint density at radius 2 is 2.06 bits per heavy atom. The summed E-state index contributed by atoms with van der Waals surface area (Å²) in [4.78, 5) is 24.2. The number of Topliss-reactive ketones (excluding diaryl/α,β-unsaturated/α-hetero) is 1. The Kier molecular flexibility index (Phi) is 3.46. The van der Waals surface area contributed by atoms with Crippen molar-refractivity contribution in [2.75, 3.05) is 13.7 Å². The summed E-state index contributed by atoms with van der Waals surface area (Å²) in [6.45, 7) is 2.66. The van der Waals surface area contributed by atoms with E-state index >= 15 is 0 Å². The number of ketones is 2. The van der Waals surface area contributed by atoms with E-state index in [-0.39, 0.29) is 11.6 Å². The van der Waals surface area contributed by atoms with E-state index in [4.69, 9.17) is 4.74 Å². The predicted octanol–water partition coefficient (Wildman–Crippen LogP) is 1.96. The molecule has 0 saturated heterocycles. The molecule has 0 spiro atoms. The Balaban J connectivity index is 2.45. The van der Waals surface area contributed by atoms with Crippen molar-refractivity contribution in [2.24, 2.45) is 0 Å². The van der Waals surface area contributed by atoms with Crippen LogP contribution in [0.15, 0.2) is 30.0 Å². The van der Waals surface area contributed by atoms with E-state index in [1.54, 1.807) is 18.2 Å². The van der Waals surface area contributed by atoms with E-state index in [1.165, 1.54) is 13.2 Å². The van der Waals surface area contributed by atoms with Crippen LogP contribution in [0.2, 0.25) is 0 Å². The number of methoxy groups -OCH3 is 1. The van der Waals surface area contributed by atoms with Gasteiger partial charge in [-0.1, -0.05) is 19.1 Å². The zero-order chi connectivity index (χ0) is 13.1. The molecule has 0 aromatic heterocycles. The minimum Gasteiger partial charge on any atom is -0.496 e. The summed E-state index contributed by atoms with van der Waals surface area (Å²) in [5.74, 6) is 0.0901. The lowest BCUT2D eigenvalue weighted by Gasteiger charge is -2.18. The van der Waals surface area contributed by atoms with E-state index in [2.05, 4.69) is 5.32 Å². The van der Waals surface area contributed by atoms with Crippen LogP contribution in [0, 0.1) is 0 Å². The van der Waals surface area contributed by atoms with Crippen LogP contribution in [0.3, 0.4) is 0 Å². The van der Waals surface area contributed by atoms with Gasteiger partial charge in [-0.05, 0) is 12.5 Å². The summed E-state index contributed by atoms with van der Waals surface area (Å²) < 4.78 is 5.16. The van der Waals surface area contributed by atoms with Crippen LogP contribution in [-0.2, 0) is 0 Å². The maximum atomic E-state index is 12.3. The summed E-state index contributed by atoms with van der Waals surface area (Å²) >= 11 is 0. The van der Waals surface area contributed by atoms with Crippen molar-refractivity contribution in [1.82, 2.24) is 5.32 Å².